The number of ether oxygens (including phenoxy) is 2. The second-order valence-electron chi connectivity index (χ2n) is 16.6. The first-order valence-electron chi connectivity index (χ1n) is 20.1. The van der Waals surface area contributed by atoms with Gasteiger partial charge in [0.15, 0.2) is 0 Å². The number of hydrogen-bond donors (Lipinski definition) is 4. The number of hydrogen-bond acceptors (Lipinski definition) is 8. The molecule has 14 nitrogen and oxygen atoms in total. The zero-order valence-corrected chi connectivity index (χ0v) is 33.6. The van der Waals surface area contributed by atoms with Crippen molar-refractivity contribution in [1.82, 2.24) is 40.4 Å². The van der Waals surface area contributed by atoms with Crippen LogP contribution in [0.3, 0.4) is 0 Å². The molecule has 4 amide bonds. The van der Waals surface area contributed by atoms with Gasteiger partial charge in [0.2, 0.25) is 11.8 Å². The summed E-state index contributed by atoms with van der Waals surface area (Å²) in [6.45, 7) is 7.66. The first-order valence-corrected chi connectivity index (χ1v) is 20.1. The number of piperidine rings is 2. The lowest BCUT2D eigenvalue weighted by atomic mass is 10.0. The predicted molar refractivity (Wildman–Crippen MR) is 215 cm³/mol. The van der Waals surface area contributed by atoms with Crippen molar-refractivity contribution in [3.63, 3.8) is 0 Å². The summed E-state index contributed by atoms with van der Waals surface area (Å²) in [6.07, 6.45) is 6.00. The van der Waals surface area contributed by atoms with Crippen LogP contribution in [0.15, 0.2) is 60.9 Å². The summed E-state index contributed by atoms with van der Waals surface area (Å²) in [5.74, 6) is 8.49. The lowest BCUT2D eigenvalue weighted by molar-refractivity contribution is -0.137. The smallest absolute Gasteiger partial charge is 0.407 e. The van der Waals surface area contributed by atoms with Gasteiger partial charge in [-0.25, -0.2) is 19.6 Å². The maximum absolute atomic E-state index is 13.7. The second kappa shape index (κ2) is 15.7. The molecule has 2 saturated carbocycles. The van der Waals surface area contributed by atoms with Crippen LogP contribution in [0.2, 0.25) is 0 Å². The SMILES string of the molecule is COC(=O)N[C@H](C(=O)N1[C@@H]2C[C@@H]2C[C@H]1c1ncc(-c2ccc(C#Cc3ccc(-c4cnc([C@@H]5C[C@H]6C[C@H]6N5C(=O)[C@@H](NC(=O)OC)C(C)C)[nH]4)cc3)cc2)[nH]1)C(C)C. The van der Waals surface area contributed by atoms with Gasteiger partial charge >= 0.3 is 12.2 Å². The topological polar surface area (TPSA) is 175 Å². The number of aromatic amines is 2. The van der Waals surface area contributed by atoms with Crippen LogP contribution in [0.5, 0.6) is 0 Å². The van der Waals surface area contributed by atoms with Crippen LogP contribution in [0.4, 0.5) is 9.59 Å². The van der Waals surface area contributed by atoms with Gasteiger partial charge in [-0.1, -0.05) is 63.8 Å². The Hall–Kier alpha value is -6.10. The molecule has 2 aromatic heterocycles. The van der Waals surface area contributed by atoms with Gasteiger partial charge < -0.3 is 39.9 Å². The Morgan fingerprint density at radius 3 is 1.36 bits per heavy atom. The molecule has 2 aliphatic carbocycles. The van der Waals surface area contributed by atoms with E-state index in [0.29, 0.717) is 11.8 Å². The van der Waals surface area contributed by atoms with Crippen molar-refractivity contribution in [1.29, 1.82) is 0 Å². The maximum Gasteiger partial charge on any atom is 0.407 e. The van der Waals surface area contributed by atoms with E-state index in [9.17, 15) is 19.2 Å². The molecule has 14 heteroatoms. The summed E-state index contributed by atoms with van der Waals surface area (Å²) in [5, 5.41) is 5.45. The van der Waals surface area contributed by atoms with Crippen LogP contribution in [-0.2, 0) is 19.1 Å². The van der Waals surface area contributed by atoms with Crippen molar-refractivity contribution in [2.45, 2.75) is 89.6 Å². The van der Waals surface area contributed by atoms with Gasteiger partial charge in [-0.15, -0.1) is 0 Å². The number of likely N-dealkylation sites (tertiary alicyclic amines) is 2. The average molecular weight is 787 g/mol. The minimum atomic E-state index is -0.679. The molecule has 4 aliphatic rings. The highest BCUT2D eigenvalue weighted by Crippen LogP contribution is 2.54. The summed E-state index contributed by atoms with van der Waals surface area (Å²) < 4.78 is 9.57. The molecule has 0 bridgehead atoms. The van der Waals surface area contributed by atoms with Gasteiger partial charge in [0.05, 0.1) is 50.1 Å². The van der Waals surface area contributed by atoms with E-state index in [1.165, 1.54) is 14.2 Å². The fourth-order valence-electron chi connectivity index (χ4n) is 8.67. The molecular weight excluding hydrogens is 737 g/mol. The van der Waals surface area contributed by atoms with Crippen LogP contribution >= 0.6 is 0 Å². The molecule has 0 spiro atoms. The fraction of sp³-hybridized carbons (Fsp3) is 0.455. The van der Waals surface area contributed by atoms with E-state index in [1.54, 1.807) is 12.4 Å². The van der Waals surface area contributed by atoms with Crippen LogP contribution < -0.4 is 10.6 Å². The summed E-state index contributed by atoms with van der Waals surface area (Å²) in [6, 6.07) is 14.5. The summed E-state index contributed by atoms with van der Waals surface area (Å²) >= 11 is 0. The molecule has 4 heterocycles. The van der Waals surface area contributed by atoms with Crippen molar-refractivity contribution in [2.75, 3.05) is 14.2 Å². The Morgan fingerprint density at radius 1 is 0.638 bits per heavy atom. The fourth-order valence-corrected chi connectivity index (χ4v) is 8.67. The number of rotatable bonds is 10. The number of benzene rings is 2. The number of alkyl carbamates (subject to hydrolysis) is 2. The number of nitrogens with zero attached hydrogens (tertiary/aromatic N) is 4. The van der Waals surface area contributed by atoms with Crippen molar-refractivity contribution in [3.8, 4) is 34.4 Å². The molecule has 8 atom stereocenters. The molecule has 2 aliphatic heterocycles. The number of carbonyl (C=O) groups is 4. The number of fused-ring (bicyclic) bond motifs is 2. The first-order chi connectivity index (χ1) is 27.9. The van der Waals surface area contributed by atoms with E-state index in [2.05, 4.69) is 32.4 Å². The molecule has 2 aromatic carbocycles. The number of aromatic nitrogens is 4. The van der Waals surface area contributed by atoms with Crippen molar-refractivity contribution in [2.24, 2.45) is 23.7 Å². The number of amides is 4. The Labute approximate surface area is 337 Å². The van der Waals surface area contributed by atoms with Crippen LogP contribution in [-0.4, -0.2) is 92.1 Å². The Morgan fingerprint density at radius 2 is 1.02 bits per heavy atom. The molecule has 302 valence electrons. The third-order valence-electron chi connectivity index (χ3n) is 12.1. The lowest BCUT2D eigenvalue weighted by Gasteiger charge is -2.31. The third kappa shape index (κ3) is 7.65. The molecule has 0 radical (unpaired) electrons. The van der Waals surface area contributed by atoms with Gasteiger partial charge in [-0.3, -0.25) is 9.59 Å². The van der Waals surface area contributed by atoms with Gasteiger partial charge in [-0.2, -0.15) is 0 Å². The molecule has 4 aromatic rings. The molecule has 4 N–H and O–H groups in total. The van der Waals surface area contributed by atoms with Crippen LogP contribution in [0, 0.1) is 35.5 Å². The molecule has 4 fully saturated rings. The van der Waals surface area contributed by atoms with Gasteiger partial charge in [0.1, 0.15) is 23.7 Å². The number of imidazole rings is 2. The minimum Gasteiger partial charge on any atom is -0.453 e. The number of methoxy groups -OCH3 is 2. The first kappa shape index (κ1) is 38.8. The highest BCUT2D eigenvalue weighted by Gasteiger charge is 2.57. The van der Waals surface area contributed by atoms with Gasteiger partial charge in [0, 0.05) is 23.2 Å². The zero-order chi connectivity index (χ0) is 40.8. The predicted octanol–water partition coefficient (Wildman–Crippen LogP) is 5.95. The highest BCUT2D eigenvalue weighted by atomic mass is 16.5. The minimum absolute atomic E-state index is 0.0994. The van der Waals surface area contributed by atoms with Crippen molar-refractivity contribution >= 4 is 24.0 Å². The van der Waals surface area contributed by atoms with E-state index in [0.717, 1.165) is 71.0 Å². The van der Waals surface area contributed by atoms with Crippen molar-refractivity contribution < 1.29 is 28.7 Å². The number of H-pyrrole nitrogens is 2. The second-order valence-corrected chi connectivity index (χ2v) is 16.6. The molecule has 2 saturated heterocycles. The Kier molecular flexibility index (Phi) is 10.5. The number of nitrogens with one attached hydrogen (secondary N) is 4. The van der Waals surface area contributed by atoms with E-state index in [1.807, 2.05) is 86.0 Å². The molecular formula is C44H50N8O6. The molecule has 8 rings (SSSR count). The molecule has 0 unspecified atom stereocenters. The Bertz CT molecular complexity index is 2100. The quantitative estimate of drug-likeness (QED) is 0.143. The maximum atomic E-state index is 13.7. The molecule has 58 heavy (non-hydrogen) atoms. The van der Waals surface area contributed by atoms with E-state index in [4.69, 9.17) is 19.4 Å². The largest absolute Gasteiger partial charge is 0.453 e. The normalized spacial score (nSPS) is 23.7. The lowest BCUT2D eigenvalue weighted by Crippen LogP contribution is -2.52. The summed E-state index contributed by atoms with van der Waals surface area (Å²) in [7, 11) is 2.59. The number of carbonyl (C=O) groups excluding carboxylic acids is 4. The standard InChI is InChI=1S/C44H50N8O6/c1-23(2)37(49-43(55)57-5)41(53)51-33-17-29(33)19-35(51)39-45-21-31(47-39)27-13-9-25(10-14-27)7-8-26-11-15-28(16-12-26)32-22-46-40(48-32)36-20-30-18-34(30)52(36)42(54)38(24(3)4)50-44(56)58-6/h9-16,21-24,29-30,33-38H,17-20H2,1-6H3,(H,45,47)(H,46,48)(H,49,55)(H,50,56)/t29-,30-,33-,34-,35+,36+,37+,38+/m1/s1. The van der Waals surface area contributed by atoms with Gasteiger partial charge in [-0.05, 0) is 84.7 Å². The Balaban J connectivity index is 0.903. The highest BCUT2D eigenvalue weighted by molar-refractivity contribution is 5.88. The summed E-state index contributed by atoms with van der Waals surface area (Å²) in [4.78, 5) is 71.7. The monoisotopic (exact) mass is 786 g/mol. The zero-order valence-electron chi connectivity index (χ0n) is 33.6. The van der Waals surface area contributed by atoms with Crippen molar-refractivity contribution in [3.05, 3.63) is 83.7 Å². The van der Waals surface area contributed by atoms with E-state index in [-0.39, 0.29) is 47.8 Å². The van der Waals surface area contributed by atoms with E-state index < -0.39 is 24.3 Å². The summed E-state index contributed by atoms with van der Waals surface area (Å²) in [5.41, 5.74) is 5.36. The van der Waals surface area contributed by atoms with E-state index >= 15 is 0 Å². The van der Waals surface area contributed by atoms with Crippen LogP contribution in [0.25, 0.3) is 22.5 Å². The van der Waals surface area contributed by atoms with Crippen LogP contribution in [0.1, 0.15) is 88.2 Å². The third-order valence-corrected chi connectivity index (χ3v) is 12.1. The average Bonchev–Trinajstić information content (AvgIpc) is 3.81. The van der Waals surface area contributed by atoms with Gasteiger partial charge in [0.25, 0.3) is 0 Å².